The van der Waals surface area contributed by atoms with Crippen molar-refractivity contribution in [1.82, 2.24) is 0 Å². The van der Waals surface area contributed by atoms with Gasteiger partial charge in [-0.05, 0) is 60.7 Å². The van der Waals surface area contributed by atoms with Gasteiger partial charge in [0, 0.05) is 5.69 Å². The smallest absolute Gasteiger partial charge is 0.339 e. The van der Waals surface area contributed by atoms with Crippen LogP contribution in [0.2, 0.25) is 0 Å². The topological polar surface area (TPSA) is 89.3 Å². The van der Waals surface area contributed by atoms with Gasteiger partial charge in [-0.25, -0.2) is 9.59 Å². The Kier molecular flexibility index (Phi) is 6.67. The molecule has 0 unspecified atom stereocenters. The van der Waals surface area contributed by atoms with Gasteiger partial charge in [-0.3, -0.25) is 0 Å². The third kappa shape index (κ3) is 5.74. The van der Waals surface area contributed by atoms with Crippen LogP contribution >= 0.6 is 0 Å². The molecule has 1 N–H and O–H groups in total. The second-order valence-electron chi connectivity index (χ2n) is 5.90. The highest BCUT2D eigenvalue weighted by atomic mass is 16.5. The van der Waals surface area contributed by atoms with Crippen molar-refractivity contribution < 1.29 is 19.1 Å². The molecule has 7 nitrogen and oxygen atoms in total. The molecule has 0 saturated heterocycles. The molecule has 0 aromatic heterocycles. The summed E-state index contributed by atoms with van der Waals surface area (Å²) in [5, 5.41) is 11.3. The monoisotopic (exact) mass is 389 g/mol. The number of hydrogen-bond acceptors (Lipinski definition) is 7. The molecule has 0 bridgehead atoms. The number of azo groups is 1. The van der Waals surface area contributed by atoms with Crippen molar-refractivity contribution in [3.63, 3.8) is 0 Å². The quantitative estimate of drug-likeness (QED) is 0.344. The molecule has 146 valence electrons. The first-order chi connectivity index (χ1) is 14.2. The lowest BCUT2D eigenvalue weighted by atomic mass is 10.2. The molecule has 7 heteroatoms. The average Bonchev–Trinajstić information content (AvgIpc) is 2.79. The Morgan fingerprint density at radius 1 is 0.759 bits per heavy atom. The fraction of sp³-hybridized carbons (Fsp3) is 0.0909. The van der Waals surface area contributed by atoms with Gasteiger partial charge >= 0.3 is 11.9 Å². The molecule has 0 fully saturated rings. The average molecular weight is 389 g/mol. The third-order valence-corrected chi connectivity index (χ3v) is 3.93. The number of hydrogen-bond donors (Lipinski definition) is 1. The Morgan fingerprint density at radius 3 is 1.90 bits per heavy atom. The van der Waals surface area contributed by atoms with E-state index in [0.29, 0.717) is 22.5 Å². The van der Waals surface area contributed by atoms with E-state index in [1.165, 1.54) is 7.11 Å². The Hall–Kier alpha value is -4.00. The van der Waals surface area contributed by atoms with Gasteiger partial charge < -0.3 is 14.8 Å². The normalized spacial score (nSPS) is 10.5. The van der Waals surface area contributed by atoms with Crippen LogP contribution in [0.15, 0.2) is 89.1 Å². The molecule has 0 radical (unpaired) electrons. The number of ether oxygens (including phenoxy) is 2. The molecule has 3 rings (SSSR count). The highest BCUT2D eigenvalue weighted by Crippen LogP contribution is 2.21. The summed E-state index contributed by atoms with van der Waals surface area (Å²) in [7, 11) is 1.34. The van der Waals surface area contributed by atoms with Crippen molar-refractivity contribution >= 4 is 29.0 Å². The van der Waals surface area contributed by atoms with E-state index in [1.807, 2.05) is 18.2 Å². The van der Waals surface area contributed by atoms with Gasteiger partial charge in [-0.2, -0.15) is 10.2 Å². The van der Waals surface area contributed by atoms with Gasteiger partial charge in [0.05, 0.1) is 29.6 Å². The SMILES string of the molecule is COC(=O)c1ccc(N=Nc2ccc(NCOC(=O)c3ccccc3)cc2)cc1. The minimum absolute atomic E-state index is 0.0567. The van der Waals surface area contributed by atoms with Crippen LogP contribution in [0.25, 0.3) is 0 Å². The van der Waals surface area contributed by atoms with Gasteiger partial charge in [0.2, 0.25) is 0 Å². The van der Waals surface area contributed by atoms with Crippen molar-refractivity contribution in [2.24, 2.45) is 10.2 Å². The van der Waals surface area contributed by atoms with Crippen molar-refractivity contribution in [2.45, 2.75) is 0 Å². The van der Waals surface area contributed by atoms with Crippen LogP contribution in [-0.4, -0.2) is 25.8 Å². The molecule has 0 saturated carbocycles. The van der Waals surface area contributed by atoms with Crippen LogP contribution in [0, 0.1) is 0 Å². The summed E-state index contributed by atoms with van der Waals surface area (Å²) in [6, 6.07) is 22.6. The summed E-state index contributed by atoms with van der Waals surface area (Å²) in [5.74, 6) is -0.784. The molecule has 0 atom stereocenters. The van der Waals surface area contributed by atoms with Crippen LogP contribution in [0.3, 0.4) is 0 Å². The van der Waals surface area contributed by atoms with E-state index >= 15 is 0 Å². The Bertz CT molecular complexity index is 985. The molecule has 3 aromatic rings. The number of nitrogens with zero attached hydrogens (tertiary/aromatic N) is 2. The summed E-state index contributed by atoms with van der Waals surface area (Å²) in [6.07, 6.45) is 0. The number of anilines is 1. The van der Waals surface area contributed by atoms with E-state index in [-0.39, 0.29) is 12.7 Å². The van der Waals surface area contributed by atoms with Gasteiger partial charge in [-0.15, -0.1) is 0 Å². The zero-order chi connectivity index (χ0) is 20.5. The summed E-state index contributed by atoms with van der Waals surface area (Å²) >= 11 is 0. The Balaban J connectivity index is 1.50. The molecule has 0 amide bonds. The lowest BCUT2D eigenvalue weighted by Crippen LogP contribution is -2.12. The standard InChI is InChI=1S/C22H19N3O4/c1-28-21(26)17-7-9-19(10-8-17)24-25-20-13-11-18(12-14-20)23-15-29-22(27)16-5-3-2-4-6-16/h2-14,23H,15H2,1H3. The third-order valence-electron chi connectivity index (χ3n) is 3.93. The second-order valence-corrected chi connectivity index (χ2v) is 5.90. The molecular weight excluding hydrogens is 370 g/mol. The highest BCUT2D eigenvalue weighted by Gasteiger charge is 2.05. The van der Waals surface area contributed by atoms with E-state index < -0.39 is 5.97 Å². The highest BCUT2D eigenvalue weighted by molar-refractivity contribution is 5.90. The summed E-state index contributed by atoms with van der Waals surface area (Å²) in [6.45, 7) is 0.0567. The first-order valence-electron chi connectivity index (χ1n) is 8.82. The first-order valence-corrected chi connectivity index (χ1v) is 8.82. The van der Waals surface area contributed by atoms with E-state index in [1.54, 1.807) is 60.7 Å². The maximum atomic E-state index is 11.9. The maximum Gasteiger partial charge on any atom is 0.339 e. The number of benzene rings is 3. The Labute approximate surface area is 168 Å². The summed E-state index contributed by atoms with van der Waals surface area (Å²) < 4.78 is 9.83. The number of rotatable bonds is 7. The van der Waals surface area contributed by atoms with Crippen LogP contribution in [0.4, 0.5) is 17.1 Å². The fourth-order valence-electron chi connectivity index (χ4n) is 2.39. The van der Waals surface area contributed by atoms with Crippen LogP contribution in [0.5, 0.6) is 0 Å². The minimum atomic E-state index is -0.397. The Morgan fingerprint density at radius 2 is 1.31 bits per heavy atom. The van der Waals surface area contributed by atoms with Gasteiger partial charge in [0.25, 0.3) is 0 Å². The summed E-state index contributed by atoms with van der Waals surface area (Å²) in [4.78, 5) is 23.3. The van der Waals surface area contributed by atoms with Crippen molar-refractivity contribution in [2.75, 3.05) is 19.2 Å². The van der Waals surface area contributed by atoms with Crippen LogP contribution < -0.4 is 5.32 Å². The molecule has 0 spiro atoms. The van der Waals surface area contributed by atoms with Crippen molar-refractivity contribution in [1.29, 1.82) is 0 Å². The first kappa shape index (κ1) is 19.8. The largest absolute Gasteiger partial charge is 0.465 e. The van der Waals surface area contributed by atoms with Gasteiger partial charge in [-0.1, -0.05) is 18.2 Å². The van der Waals surface area contributed by atoms with Gasteiger partial charge in [0.15, 0.2) is 6.73 Å². The predicted octanol–water partition coefficient (Wildman–Crippen LogP) is 5.12. The molecular formula is C22H19N3O4. The molecule has 0 aliphatic heterocycles. The zero-order valence-electron chi connectivity index (χ0n) is 15.7. The second kappa shape index (κ2) is 9.80. The predicted molar refractivity (Wildman–Crippen MR) is 109 cm³/mol. The fourth-order valence-corrected chi connectivity index (χ4v) is 2.39. The van der Waals surface area contributed by atoms with E-state index in [4.69, 9.17) is 4.74 Å². The number of carbonyl (C=O) groups is 2. The van der Waals surface area contributed by atoms with E-state index in [0.717, 1.165) is 5.69 Å². The van der Waals surface area contributed by atoms with Gasteiger partial charge in [0.1, 0.15) is 0 Å². The minimum Gasteiger partial charge on any atom is -0.465 e. The molecule has 29 heavy (non-hydrogen) atoms. The van der Waals surface area contributed by atoms with E-state index in [2.05, 4.69) is 20.3 Å². The summed E-state index contributed by atoms with van der Waals surface area (Å²) in [5.41, 5.74) is 3.02. The molecule has 0 aliphatic rings. The zero-order valence-corrected chi connectivity index (χ0v) is 15.7. The lowest BCUT2D eigenvalue weighted by molar-refractivity contribution is 0.0532. The number of methoxy groups -OCH3 is 1. The van der Waals surface area contributed by atoms with Crippen LogP contribution in [-0.2, 0) is 9.47 Å². The molecule has 0 heterocycles. The van der Waals surface area contributed by atoms with E-state index in [9.17, 15) is 9.59 Å². The molecule has 0 aliphatic carbocycles. The number of esters is 2. The number of nitrogens with one attached hydrogen (secondary N) is 1. The lowest BCUT2D eigenvalue weighted by Gasteiger charge is -2.08. The van der Waals surface area contributed by atoms with Crippen LogP contribution in [0.1, 0.15) is 20.7 Å². The van der Waals surface area contributed by atoms with Crippen molar-refractivity contribution in [3.8, 4) is 0 Å². The number of carbonyl (C=O) groups excluding carboxylic acids is 2. The molecule has 3 aromatic carbocycles. The maximum absolute atomic E-state index is 11.9. The van der Waals surface area contributed by atoms with Crippen molar-refractivity contribution in [3.05, 3.63) is 90.0 Å².